The quantitative estimate of drug-likeness (QED) is 0.739. The summed E-state index contributed by atoms with van der Waals surface area (Å²) in [6, 6.07) is 7.48. The molecule has 5 heteroatoms. The van der Waals surface area contributed by atoms with E-state index in [1.54, 1.807) is 0 Å². The highest BCUT2D eigenvalue weighted by molar-refractivity contribution is 6.70. The van der Waals surface area contributed by atoms with Crippen molar-refractivity contribution in [3.05, 3.63) is 29.8 Å². The molecule has 0 heterocycles. The van der Waals surface area contributed by atoms with Crippen LogP contribution in [0, 0.1) is 5.92 Å². The van der Waals surface area contributed by atoms with E-state index >= 15 is 0 Å². The highest BCUT2D eigenvalue weighted by Crippen LogP contribution is 2.23. The fraction of sp³-hybridized carbons (Fsp3) is 0.625. The topological polar surface area (TPSA) is 55.5 Å². The molecule has 0 amide bonds. The molecule has 0 saturated carbocycles. The summed E-state index contributed by atoms with van der Waals surface area (Å²) in [6.07, 6.45) is 1.25. The molecular weight excluding hydrogens is 302 g/mol. The van der Waals surface area contributed by atoms with Gasteiger partial charge in [-0.1, -0.05) is 26.0 Å². The van der Waals surface area contributed by atoms with Gasteiger partial charge in [-0.3, -0.25) is 0 Å². The van der Waals surface area contributed by atoms with Gasteiger partial charge in [0.2, 0.25) is 8.32 Å². The first-order chi connectivity index (χ1) is 9.19. The molecule has 0 radical (unpaired) electrons. The van der Waals surface area contributed by atoms with E-state index in [-0.39, 0.29) is 18.4 Å². The Balaban J connectivity index is 0.00000400. The van der Waals surface area contributed by atoms with Gasteiger partial charge in [-0.25, -0.2) is 0 Å². The summed E-state index contributed by atoms with van der Waals surface area (Å²) in [4.78, 5) is 0. The number of aliphatic hydroxyl groups excluding tert-OH is 1. The lowest BCUT2D eigenvalue weighted by Crippen LogP contribution is -2.29. The highest BCUT2D eigenvalue weighted by Gasteiger charge is 2.19. The van der Waals surface area contributed by atoms with Gasteiger partial charge in [0.15, 0.2) is 0 Å². The van der Waals surface area contributed by atoms with Gasteiger partial charge in [0, 0.05) is 0 Å². The summed E-state index contributed by atoms with van der Waals surface area (Å²) in [5, 5.41) is 10.1. The molecule has 0 spiro atoms. The van der Waals surface area contributed by atoms with Crippen LogP contribution in [-0.4, -0.2) is 19.5 Å². The molecule has 122 valence electrons. The van der Waals surface area contributed by atoms with Crippen LogP contribution in [0.25, 0.3) is 0 Å². The van der Waals surface area contributed by atoms with Crippen molar-refractivity contribution in [2.24, 2.45) is 11.7 Å². The minimum Gasteiger partial charge on any atom is -0.544 e. The number of nitrogens with two attached hydrogens (primary N) is 1. The average molecular weight is 332 g/mol. The summed E-state index contributed by atoms with van der Waals surface area (Å²) in [5.41, 5.74) is 7.08. The molecule has 0 aromatic heterocycles. The van der Waals surface area contributed by atoms with Crippen molar-refractivity contribution < 1.29 is 9.53 Å². The van der Waals surface area contributed by atoms with Crippen LogP contribution in [0.3, 0.4) is 0 Å². The zero-order chi connectivity index (χ0) is 15.3. The van der Waals surface area contributed by atoms with Crippen molar-refractivity contribution >= 4 is 20.7 Å². The lowest BCUT2D eigenvalue weighted by molar-refractivity contribution is 0.128. The Labute approximate surface area is 136 Å². The number of hydrogen-bond donors (Lipinski definition) is 2. The van der Waals surface area contributed by atoms with Gasteiger partial charge < -0.3 is 15.3 Å². The fourth-order valence-corrected chi connectivity index (χ4v) is 2.86. The Kier molecular flexibility index (Phi) is 8.55. The van der Waals surface area contributed by atoms with E-state index in [2.05, 4.69) is 33.5 Å². The van der Waals surface area contributed by atoms with Gasteiger partial charge in [-0.15, -0.1) is 12.4 Å². The van der Waals surface area contributed by atoms with Gasteiger partial charge in [0.25, 0.3) is 0 Å². The second kappa shape index (κ2) is 8.78. The van der Waals surface area contributed by atoms with Crippen molar-refractivity contribution in [3.63, 3.8) is 0 Å². The molecule has 0 fully saturated rings. The van der Waals surface area contributed by atoms with Crippen LogP contribution < -0.4 is 10.2 Å². The average Bonchev–Trinajstić information content (AvgIpc) is 2.34. The molecule has 2 atom stereocenters. The first kappa shape index (κ1) is 20.4. The largest absolute Gasteiger partial charge is 0.544 e. The summed E-state index contributed by atoms with van der Waals surface area (Å²) < 4.78 is 5.91. The lowest BCUT2D eigenvalue weighted by Gasteiger charge is -2.22. The molecule has 1 rings (SSSR count). The van der Waals surface area contributed by atoms with Crippen LogP contribution in [0.1, 0.15) is 38.3 Å². The van der Waals surface area contributed by atoms with Crippen molar-refractivity contribution in [2.75, 3.05) is 0 Å². The molecule has 21 heavy (non-hydrogen) atoms. The van der Waals surface area contributed by atoms with Gasteiger partial charge in [0.1, 0.15) is 5.75 Å². The lowest BCUT2D eigenvalue weighted by atomic mass is 9.96. The Morgan fingerprint density at radius 1 is 1.10 bits per heavy atom. The standard InChI is InChI=1S/C16H29NO2Si.ClH/c1-12(2)6-11-15(18)16(17)13-7-9-14(10-8-13)19-20(3,4)5;/h7-10,12,15-16,18H,6,11,17H2,1-5H3;1H/t15-,16+;/m0./s1. The third-order valence-electron chi connectivity index (χ3n) is 3.14. The van der Waals surface area contributed by atoms with E-state index in [1.807, 2.05) is 24.3 Å². The molecule has 0 aliphatic rings. The molecule has 3 nitrogen and oxygen atoms in total. The highest BCUT2D eigenvalue weighted by atomic mass is 35.5. The number of halogens is 1. The first-order valence-electron chi connectivity index (χ1n) is 7.41. The monoisotopic (exact) mass is 331 g/mol. The summed E-state index contributed by atoms with van der Waals surface area (Å²) in [7, 11) is -1.57. The zero-order valence-corrected chi connectivity index (χ0v) is 15.6. The number of rotatable bonds is 7. The Hall–Kier alpha value is -0.553. The van der Waals surface area contributed by atoms with Crippen molar-refractivity contribution in [3.8, 4) is 5.75 Å². The Morgan fingerprint density at radius 3 is 2.05 bits per heavy atom. The van der Waals surface area contributed by atoms with E-state index in [1.165, 1.54) is 0 Å². The maximum Gasteiger partial charge on any atom is 0.242 e. The molecule has 0 aliphatic heterocycles. The van der Waals surface area contributed by atoms with Gasteiger partial charge in [0.05, 0.1) is 12.1 Å². The van der Waals surface area contributed by atoms with Crippen LogP contribution in [-0.2, 0) is 0 Å². The molecule has 0 unspecified atom stereocenters. The van der Waals surface area contributed by atoms with Crippen molar-refractivity contribution in [1.82, 2.24) is 0 Å². The third-order valence-corrected chi connectivity index (χ3v) is 3.99. The number of hydrogen-bond acceptors (Lipinski definition) is 3. The fourth-order valence-electron chi connectivity index (χ4n) is 2.02. The maximum absolute atomic E-state index is 10.1. The summed E-state index contributed by atoms with van der Waals surface area (Å²) in [5.74, 6) is 1.47. The molecule has 0 bridgehead atoms. The minimum atomic E-state index is -1.57. The van der Waals surface area contributed by atoms with Crippen molar-refractivity contribution in [2.45, 2.75) is 58.5 Å². The molecule has 1 aromatic rings. The predicted octanol–water partition coefficient (Wildman–Crippen LogP) is 4.12. The molecule has 0 aliphatic carbocycles. The number of aliphatic hydroxyl groups is 1. The van der Waals surface area contributed by atoms with Crippen LogP contribution in [0.5, 0.6) is 5.75 Å². The van der Waals surface area contributed by atoms with E-state index in [4.69, 9.17) is 10.2 Å². The van der Waals surface area contributed by atoms with E-state index in [9.17, 15) is 5.11 Å². The van der Waals surface area contributed by atoms with Crippen LogP contribution in [0.15, 0.2) is 24.3 Å². The van der Waals surface area contributed by atoms with E-state index in [0.29, 0.717) is 5.92 Å². The molecule has 1 aromatic carbocycles. The molecular formula is C16H30ClNO2Si. The van der Waals surface area contributed by atoms with Crippen LogP contribution in [0.4, 0.5) is 0 Å². The van der Waals surface area contributed by atoms with Crippen LogP contribution >= 0.6 is 12.4 Å². The second-order valence-electron chi connectivity index (χ2n) is 6.85. The smallest absolute Gasteiger partial charge is 0.242 e. The van der Waals surface area contributed by atoms with Crippen molar-refractivity contribution in [1.29, 1.82) is 0 Å². The van der Waals surface area contributed by atoms with Gasteiger partial charge in [-0.05, 0) is 56.1 Å². The summed E-state index contributed by atoms with van der Waals surface area (Å²) in [6.45, 7) is 10.8. The number of benzene rings is 1. The molecule has 3 N–H and O–H groups in total. The second-order valence-corrected chi connectivity index (χ2v) is 11.3. The minimum absolute atomic E-state index is 0. The Bertz CT molecular complexity index is 404. The van der Waals surface area contributed by atoms with E-state index in [0.717, 1.165) is 24.2 Å². The maximum atomic E-state index is 10.1. The third kappa shape index (κ3) is 7.86. The zero-order valence-electron chi connectivity index (χ0n) is 13.8. The van der Waals surface area contributed by atoms with Gasteiger partial charge in [-0.2, -0.15) is 0 Å². The van der Waals surface area contributed by atoms with E-state index < -0.39 is 14.4 Å². The Morgan fingerprint density at radius 2 is 1.62 bits per heavy atom. The first-order valence-corrected chi connectivity index (χ1v) is 10.8. The normalized spacial score (nSPS) is 14.5. The summed E-state index contributed by atoms with van der Waals surface area (Å²) >= 11 is 0. The SMILES string of the molecule is CC(C)CC[C@H](O)[C@H](N)c1ccc(O[Si](C)(C)C)cc1.Cl. The molecule has 0 saturated heterocycles. The predicted molar refractivity (Wildman–Crippen MR) is 94.7 cm³/mol. The van der Waals surface area contributed by atoms with Gasteiger partial charge >= 0.3 is 0 Å². The van der Waals surface area contributed by atoms with Crippen LogP contribution in [0.2, 0.25) is 19.6 Å².